The largest absolute Gasteiger partial charge is 0.316 e. The van der Waals surface area contributed by atoms with E-state index in [1.165, 1.54) is 39.1 Å². The van der Waals surface area contributed by atoms with E-state index in [2.05, 4.69) is 22.4 Å². The van der Waals surface area contributed by atoms with E-state index in [9.17, 15) is 0 Å². The molecule has 0 unspecified atom stereocenters. The molecule has 1 fully saturated rings. The van der Waals surface area contributed by atoms with E-state index < -0.39 is 0 Å². The van der Waals surface area contributed by atoms with Gasteiger partial charge in [0.1, 0.15) is 0 Å². The zero-order valence-electron chi connectivity index (χ0n) is 6.92. The zero-order chi connectivity index (χ0) is 7.52. The van der Waals surface area contributed by atoms with Crippen LogP contribution in [0.3, 0.4) is 0 Å². The molecular weight excluding hydrogens is 136 g/mol. The molecule has 0 aromatic carbocycles. The molecule has 0 amide bonds. The molecule has 0 saturated carbocycles. The molecule has 2 aliphatic rings. The summed E-state index contributed by atoms with van der Waals surface area (Å²) in [4.78, 5) is 2.55. The lowest BCUT2D eigenvalue weighted by Crippen LogP contribution is -2.48. The minimum atomic E-state index is 0.932. The Morgan fingerprint density at radius 1 is 1.36 bits per heavy atom. The van der Waals surface area contributed by atoms with E-state index in [1.807, 2.05) is 0 Å². The second kappa shape index (κ2) is 3.37. The van der Waals surface area contributed by atoms with Crippen LogP contribution in [0.15, 0.2) is 12.2 Å². The minimum Gasteiger partial charge on any atom is -0.316 e. The van der Waals surface area contributed by atoms with Gasteiger partial charge in [0.2, 0.25) is 0 Å². The Kier molecular flexibility index (Phi) is 2.24. The number of hydrogen-bond acceptors (Lipinski definition) is 2. The molecule has 2 rings (SSSR count). The van der Waals surface area contributed by atoms with Gasteiger partial charge < -0.3 is 5.32 Å². The summed E-state index contributed by atoms with van der Waals surface area (Å²) in [7, 11) is 0. The van der Waals surface area contributed by atoms with Crippen molar-refractivity contribution >= 4 is 0 Å². The molecule has 62 valence electrons. The number of nitrogens with one attached hydrogen (secondary N) is 1. The van der Waals surface area contributed by atoms with Crippen LogP contribution >= 0.6 is 0 Å². The number of nitrogens with zero attached hydrogens (tertiary/aromatic N) is 1. The Bertz CT molecular complexity index is 150. The van der Waals surface area contributed by atoms with Gasteiger partial charge in [-0.1, -0.05) is 12.2 Å². The molecule has 2 nitrogen and oxygen atoms in total. The highest BCUT2D eigenvalue weighted by Gasteiger charge is 2.19. The van der Waals surface area contributed by atoms with E-state index in [1.54, 1.807) is 0 Å². The lowest BCUT2D eigenvalue weighted by atomic mass is 10.0. The molecule has 1 N–H and O–H groups in total. The first-order valence-corrected chi connectivity index (χ1v) is 4.53. The molecule has 0 aromatic heterocycles. The molecule has 2 aliphatic heterocycles. The predicted molar refractivity (Wildman–Crippen MR) is 46.6 cm³/mol. The molecule has 2 heterocycles. The van der Waals surface area contributed by atoms with Crippen LogP contribution < -0.4 is 5.32 Å². The van der Waals surface area contributed by atoms with Gasteiger partial charge in [-0.25, -0.2) is 0 Å². The Morgan fingerprint density at radius 2 is 2.27 bits per heavy atom. The van der Waals surface area contributed by atoms with Gasteiger partial charge in [0.15, 0.2) is 0 Å². The zero-order valence-corrected chi connectivity index (χ0v) is 6.92. The van der Waals surface area contributed by atoms with Crippen LogP contribution in [0.5, 0.6) is 0 Å². The van der Waals surface area contributed by atoms with Crippen LogP contribution in [0, 0.1) is 5.92 Å². The summed E-state index contributed by atoms with van der Waals surface area (Å²) in [5.74, 6) is 0.932. The second-order valence-electron chi connectivity index (χ2n) is 3.54. The van der Waals surface area contributed by atoms with E-state index in [0.717, 1.165) is 5.92 Å². The quantitative estimate of drug-likeness (QED) is 0.579. The van der Waals surface area contributed by atoms with Crippen molar-refractivity contribution in [2.24, 2.45) is 5.92 Å². The van der Waals surface area contributed by atoms with Gasteiger partial charge in [-0.15, -0.1) is 0 Å². The molecule has 0 spiro atoms. The minimum absolute atomic E-state index is 0.932. The lowest BCUT2D eigenvalue weighted by molar-refractivity contribution is 0.205. The van der Waals surface area contributed by atoms with E-state index in [0.29, 0.717) is 0 Å². The van der Waals surface area contributed by atoms with Gasteiger partial charge >= 0.3 is 0 Å². The molecule has 0 bridgehead atoms. The van der Waals surface area contributed by atoms with Gasteiger partial charge in [0.05, 0.1) is 0 Å². The summed E-state index contributed by atoms with van der Waals surface area (Å²) in [5, 5.41) is 3.31. The Morgan fingerprint density at radius 3 is 2.82 bits per heavy atom. The summed E-state index contributed by atoms with van der Waals surface area (Å²) >= 11 is 0. The first-order chi connectivity index (χ1) is 5.45. The third-order valence-corrected chi connectivity index (χ3v) is 2.52. The van der Waals surface area contributed by atoms with Crippen molar-refractivity contribution in [3.8, 4) is 0 Å². The van der Waals surface area contributed by atoms with Gasteiger partial charge in [0, 0.05) is 32.7 Å². The Balaban J connectivity index is 1.72. The maximum absolute atomic E-state index is 3.31. The van der Waals surface area contributed by atoms with Crippen molar-refractivity contribution < 1.29 is 0 Å². The van der Waals surface area contributed by atoms with Crippen molar-refractivity contribution in [1.82, 2.24) is 10.2 Å². The average Bonchev–Trinajstić information content (AvgIpc) is 1.99. The number of hydrogen-bond donors (Lipinski definition) is 1. The van der Waals surface area contributed by atoms with Gasteiger partial charge in [-0.3, -0.25) is 4.90 Å². The molecule has 0 aliphatic carbocycles. The highest BCUT2D eigenvalue weighted by atomic mass is 15.1. The molecule has 2 heteroatoms. The van der Waals surface area contributed by atoms with Crippen LogP contribution in [-0.2, 0) is 0 Å². The third kappa shape index (κ3) is 1.82. The molecule has 0 atom stereocenters. The summed E-state index contributed by atoms with van der Waals surface area (Å²) in [6.07, 6.45) is 5.82. The van der Waals surface area contributed by atoms with Crippen LogP contribution in [0.2, 0.25) is 0 Å². The monoisotopic (exact) mass is 152 g/mol. The summed E-state index contributed by atoms with van der Waals surface area (Å²) in [6.45, 7) is 6.22. The van der Waals surface area contributed by atoms with Crippen LogP contribution in [0.1, 0.15) is 6.42 Å². The van der Waals surface area contributed by atoms with E-state index >= 15 is 0 Å². The van der Waals surface area contributed by atoms with Crippen LogP contribution in [0.4, 0.5) is 0 Å². The summed E-state index contributed by atoms with van der Waals surface area (Å²) in [6, 6.07) is 0. The normalized spacial score (nSPS) is 26.9. The fraction of sp³-hybridized carbons (Fsp3) is 0.778. The highest BCUT2D eigenvalue weighted by Crippen LogP contribution is 2.08. The summed E-state index contributed by atoms with van der Waals surface area (Å²) in [5.41, 5.74) is 0. The van der Waals surface area contributed by atoms with Crippen LogP contribution in [0.25, 0.3) is 0 Å². The first-order valence-electron chi connectivity index (χ1n) is 4.53. The first kappa shape index (κ1) is 7.32. The maximum Gasteiger partial charge on any atom is 0.0163 e. The second-order valence-corrected chi connectivity index (χ2v) is 3.54. The van der Waals surface area contributed by atoms with Crippen molar-refractivity contribution in [2.75, 3.05) is 32.7 Å². The van der Waals surface area contributed by atoms with Crippen molar-refractivity contribution in [2.45, 2.75) is 6.42 Å². The summed E-state index contributed by atoms with van der Waals surface area (Å²) < 4.78 is 0. The third-order valence-electron chi connectivity index (χ3n) is 2.52. The lowest BCUT2D eigenvalue weighted by Gasteiger charge is -2.33. The van der Waals surface area contributed by atoms with Crippen molar-refractivity contribution in [1.29, 1.82) is 0 Å². The highest BCUT2D eigenvalue weighted by molar-refractivity contribution is 4.92. The smallest absolute Gasteiger partial charge is 0.0163 e. The van der Waals surface area contributed by atoms with Crippen molar-refractivity contribution in [3.63, 3.8) is 0 Å². The Labute approximate surface area is 68.3 Å². The Hall–Kier alpha value is -0.340. The molecule has 11 heavy (non-hydrogen) atoms. The predicted octanol–water partition coefficient (Wildman–Crippen LogP) is 0.468. The average molecular weight is 152 g/mol. The SMILES string of the molecule is C1=CCN(CC2CNC2)CC1. The van der Waals surface area contributed by atoms with Crippen molar-refractivity contribution in [3.05, 3.63) is 12.2 Å². The standard InChI is InChI=1S/C9H16N2/c1-2-4-11(5-3-1)8-9-6-10-7-9/h1-2,9-10H,3-8H2. The van der Waals surface area contributed by atoms with Gasteiger partial charge in [-0.05, 0) is 12.3 Å². The fourth-order valence-electron chi connectivity index (χ4n) is 1.70. The van der Waals surface area contributed by atoms with E-state index in [-0.39, 0.29) is 0 Å². The topological polar surface area (TPSA) is 15.3 Å². The van der Waals surface area contributed by atoms with Gasteiger partial charge in [0.25, 0.3) is 0 Å². The fourth-order valence-corrected chi connectivity index (χ4v) is 1.70. The maximum atomic E-state index is 3.31. The molecule has 0 radical (unpaired) electrons. The molecule has 0 aromatic rings. The molecule has 1 saturated heterocycles. The van der Waals surface area contributed by atoms with Crippen LogP contribution in [-0.4, -0.2) is 37.6 Å². The number of rotatable bonds is 2. The molecular formula is C9H16N2. The van der Waals surface area contributed by atoms with Gasteiger partial charge in [-0.2, -0.15) is 0 Å². The van der Waals surface area contributed by atoms with E-state index in [4.69, 9.17) is 0 Å².